The van der Waals surface area contributed by atoms with Gasteiger partial charge in [0.15, 0.2) is 0 Å². The van der Waals surface area contributed by atoms with Gasteiger partial charge in [0, 0.05) is 0 Å². The van der Waals surface area contributed by atoms with E-state index in [9.17, 15) is 0 Å². The van der Waals surface area contributed by atoms with Gasteiger partial charge in [-0.1, -0.05) is 42.5 Å². The first-order valence-electron chi connectivity index (χ1n) is 5.23. The molecule has 1 aromatic carbocycles. The van der Waals surface area contributed by atoms with E-state index >= 15 is 0 Å². The third kappa shape index (κ3) is 2.46. The van der Waals surface area contributed by atoms with Gasteiger partial charge in [0.1, 0.15) is 0 Å². The maximum absolute atomic E-state index is 5.70. The Morgan fingerprint density at radius 3 is 2.64 bits per heavy atom. The van der Waals surface area contributed by atoms with Gasteiger partial charge in [-0.3, -0.25) is 0 Å². The van der Waals surface area contributed by atoms with Crippen LogP contribution in [0.1, 0.15) is 25.3 Å². The molecule has 1 aliphatic rings. The topological polar surface area (TPSA) is 9.23 Å². The van der Waals surface area contributed by atoms with Crippen LogP contribution in [0.2, 0.25) is 0 Å². The van der Waals surface area contributed by atoms with Gasteiger partial charge in [-0.05, 0) is 25.3 Å². The second kappa shape index (κ2) is 4.43. The van der Waals surface area contributed by atoms with Crippen LogP contribution in [-0.4, -0.2) is 12.2 Å². The lowest BCUT2D eigenvalue weighted by molar-refractivity contribution is 0.0838. The minimum Gasteiger partial charge on any atom is -0.371 e. The predicted molar refractivity (Wildman–Crippen MR) is 59.0 cm³/mol. The van der Waals surface area contributed by atoms with E-state index < -0.39 is 0 Å². The van der Waals surface area contributed by atoms with Crippen molar-refractivity contribution in [3.05, 3.63) is 42.0 Å². The van der Waals surface area contributed by atoms with Gasteiger partial charge in [0.25, 0.3) is 0 Å². The Hall–Kier alpha value is -1.08. The summed E-state index contributed by atoms with van der Waals surface area (Å²) in [4.78, 5) is 0. The number of ether oxygens (including phenoxy) is 1. The van der Waals surface area contributed by atoms with Crippen molar-refractivity contribution in [1.82, 2.24) is 0 Å². The van der Waals surface area contributed by atoms with E-state index in [1.165, 1.54) is 12.0 Å². The Labute approximate surface area is 85.4 Å². The molecule has 14 heavy (non-hydrogen) atoms. The molecule has 0 N–H and O–H groups in total. The van der Waals surface area contributed by atoms with Crippen molar-refractivity contribution in [1.29, 1.82) is 0 Å². The van der Waals surface area contributed by atoms with Crippen LogP contribution in [0.4, 0.5) is 0 Å². The second-order valence-corrected chi connectivity index (χ2v) is 3.83. The Balaban J connectivity index is 1.94. The van der Waals surface area contributed by atoms with Crippen LogP contribution in [0.3, 0.4) is 0 Å². The van der Waals surface area contributed by atoms with Crippen molar-refractivity contribution in [2.45, 2.75) is 32.0 Å². The van der Waals surface area contributed by atoms with Gasteiger partial charge >= 0.3 is 0 Å². The first-order valence-corrected chi connectivity index (χ1v) is 5.23. The predicted octanol–water partition coefficient (Wildman–Crippen LogP) is 3.27. The van der Waals surface area contributed by atoms with Crippen LogP contribution < -0.4 is 0 Å². The maximum Gasteiger partial charge on any atom is 0.0763 e. The summed E-state index contributed by atoms with van der Waals surface area (Å²) in [6.07, 6.45) is 7.40. The average molecular weight is 188 g/mol. The van der Waals surface area contributed by atoms with E-state index in [-0.39, 0.29) is 0 Å². The number of hydrogen-bond donors (Lipinski definition) is 0. The summed E-state index contributed by atoms with van der Waals surface area (Å²) in [7, 11) is 0. The highest BCUT2D eigenvalue weighted by molar-refractivity contribution is 5.49. The lowest BCUT2D eigenvalue weighted by Gasteiger charge is -2.04. The largest absolute Gasteiger partial charge is 0.371 e. The highest BCUT2D eigenvalue weighted by atomic mass is 16.5. The fraction of sp³-hybridized carbons (Fsp3) is 0.385. The molecule has 2 atom stereocenters. The molecular weight excluding hydrogens is 172 g/mol. The minimum atomic E-state index is 0.324. The monoisotopic (exact) mass is 188 g/mol. The summed E-state index contributed by atoms with van der Waals surface area (Å²) >= 11 is 0. The molecule has 0 amide bonds. The standard InChI is InChI=1S/C13H16O/c1-11-7-9-13(14-11)10-8-12-5-3-2-4-6-12/h2-6,8,10-11,13H,7,9H2,1H3/b10-8+. The van der Waals surface area contributed by atoms with Crippen molar-refractivity contribution in [3.8, 4) is 0 Å². The zero-order valence-electron chi connectivity index (χ0n) is 8.52. The Bertz CT molecular complexity index is 302. The molecule has 1 heterocycles. The molecule has 1 aromatic rings. The fourth-order valence-corrected chi connectivity index (χ4v) is 1.76. The molecule has 0 bridgehead atoms. The first kappa shape index (κ1) is 9.47. The third-order valence-electron chi connectivity index (χ3n) is 2.57. The van der Waals surface area contributed by atoms with Crippen LogP contribution in [0.5, 0.6) is 0 Å². The molecule has 1 heteroatoms. The van der Waals surface area contributed by atoms with Crippen molar-refractivity contribution in [2.75, 3.05) is 0 Å². The number of rotatable bonds is 2. The van der Waals surface area contributed by atoms with Crippen molar-refractivity contribution >= 4 is 6.08 Å². The molecule has 2 unspecified atom stereocenters. The maximum atomic E-state index is 5.70. The summed E-state index contributed by atoms with van der Waals surface area (Å²) in [6, 6.07) is 10.4. The summed E-state index contributed by atoms with van der Waals surface area (Å²) in [6.45, 7) is 2.14. The molecule has 0 radical (unpaired) electrons. The molecular formula is C13H16O. The van der Waals surface area contributed by atoms with Crippen LogP contribution in [0.15, 0.2) is 36.4 Å². The van der Waals surface area contributed by atoms with Crippen LogP contribution >= 0.6 is 0 Å². The second-order valence-electron chi connectivity index (χ2n) is 3.83. The third-order valence-corrected chi connectivity index (χ3v) is 2.57. The lowest BCUT2D eigenvalue weighted by Crippen LogP contribution is -2.03. The summed E-state index contributed by atoms with van der Waals surface area (Å²) in [5.74, 6) is 0. The van der Waals surface area contributed by atoms with Gasteiger partial charge in [0.05, 0.1) is 12.2 Å². The first-order chi connectivity index (χ1) is 6.84. The van der Waals surface area contributed by atoms with Gasteiger partial charge < -0.3 is 4.74 Å². The number of benzene rings is 1. The minimum absolute atomic E-state index is 0.324. The molecule has 1 aliphatic heterocycles. The van der Waals surface area contributed by atoms with Gasteiger partial charge in [0.2, 0.25) is 0 Å². The van der Waals surface area contributed by atoms with E-state index in [4.69, 9.17) is 4.74 Å². The van der Waals surface area contributed by atoms with E-state index in [1.54, 1.807) is 0 Å². The van der Waals surface area contributed by atoms with E-state index in [2.05, 4.69) is 43.3 Å². The van der Waals surface area contributed by atoms with Crippen molar-refractivity contribution in [3.63, 3.8) is 0 Å². The molecule has 0 spiro atoms. The molecule has 1 fully saturated rings. The molecule has 0 aromatic heterocycles. The number of hydrogen-bond acceptors (Lipinski definition) is 1. The van der Waals surface area contributed by atoms with Crippen molar-refractivity contribution < 1.29 is 4.74 Å². The molecule has 1 saturated heterocycles. The molecule has 2 rings (SSSR count). The highest BCUT2D eigenvalue weighted by Gasteiger charge is 2.18. The molecule has 0 saturated carbocycles. The lowest BCUT2D eigenvalue weighted by atomic mass is 10.1. The molecule has 74 valence electrons. The smallest absolute Gasteiger partial charge is 0.0763 e. The SMILES string of the molecule is CC1CCC(/C=C/c2ccccc2)O1. The van der Waals surface area contributed by atoms with Gasteiger partial charge in [-0.15, -0.1) is 0 Å². The van der Waals surface area contributed by atoms with Gasteiger partial charge in [-0.2, -0.15) is 0 Å². The van der Waals surface area contributed by atoms with E-state index in [0.29, 0.717) is 12.2 Å². The Kier molecular flexibility index (Phi) is 3.00. The fourth-order valence-electron chi connectivity index (χ4n) is 1.76. The van der Waals surface area contributed by atoms with Crippen LogP contribution in [0, 0.1) is 0 Å². The summed E-state index contributed by atoms with van der Waals surface area (Å²) < 4.78 is 5.70. The average Bonchev–Trinajstić information content (AvgIpc) is 2.63. The zero-order valence-corrected chi connectivity index (χ0v) is 8.52. The summed E-state index contributed by atoms with van der Waals surface area (Å²) in [5.41, 5.74) is 1.25. The van der Waals surface area contributed by atoms with Crippen molar-refractivity contribution in [2.24, 2.45) is 0 Å². The summed E-state index contributed by atoms with van der Waals surface area (Å²) in [5, 5.41) is 0. The van der Waals surface area contributed by atoms with Crippen LogP contribution in [-0.2, 0) is 4.74 Å². The zero-order chi connectivity index (χ0) is 9.80. The quantitative estimate of drug-likeness (QED) is 0.692. The van der Waals surface area contributed by atoms with E-state index in [1.807, 2.05) is 6.07 Å². The van der Waals surface area contributed by atoms with E-state index in [0.717, 1.165) is 6.42 Å². The van der Waals surface area contributed by atoms with Crippen LogP contribution in [0.25, 0.3) is 6.08 Å². The highest BCUT2D eigenvalue weighted by Crippen LogP contribution is 2.20. The Morgan fingerprint density at radius 1 is 1.21 bits per heavy atom. The normalized spacial score (nSPS) is 27.2. The van der Waals surface area contributed by atoms with Gasteiger partial charge in [-0.25, -0.2) is 0 Å². The molecule has 1 nitrogen and oxygen atoms in total. The Morgan fingerprint density at radius 2 is 2.00 bits per heavy atom. The molecule has 0 aliphatic carbocycles.